The number of dihydropyridines is 1. The zero-order valence-electron chi connectivity index (χ0n) is 28.3. The summed E-state index contributed by atoms with van der Waals surface area (Å²) < 4.78 is 90.0. The number of hydrogen-bond donors (Lipinski definition) is 3. The highest BCUT2D eigenvalue weighted by atomic mass is 35.5. The number of hydrogen-bond acceptors (Lipinski definition) is 5. The molecule has 3 aliphatic rings. The minimum absolute atomic E-state index is 0.0958. The van der Waals surface area contributed by atoms with Gasteiger partial charge in [-0.2, -0.15) is 19.0 Å². The average Bonchev–Trinajstić information content (AvgIpc) is 3.54. The van der Waals surface area contributed by atoms with Gasteiger partial charge in [-0.05, 0) is 73.9 Å². The van der Waals surface area contributed by atoms with Crippen LogP contribution in [0.25, 0.3) is 10.9 Å². The van der Waals surface area contributed by atoms with Crippen LogP contribution in [-0.2, 0) is 32.4 Å². The van der Waals surface area contributed by atoms with E-state index in [1.165, 1.54) is 13.8 Å². The Bertz CT molecular complexity index is 2200. The Balaban J connectivity index is 1.28. The van der Waals surface area contributed by atoms with Crippen LogP contribution in [0.2, 0.25) is 5.02 Å². The second-order valence-corrected chi connectivity index (χ2v) is 14.5. The molecular formula is C37H34ClF6N7O. The molecular weight excluding hydrogens is 708 g/mol. The van der Waals surface area contributed by atoms with E-state index in [0.717, 1.165) is 39.3 Å². The molecule has 1 saturated carbocycles. The van der Waals surface area contributed by atoms with Crippen LogP contribution in [0, 0.1) is 34.8 Å². The zero-order chi connectivity index (χ0) is 37.3. The van der Waals surface area contributed by atoms with Gasteiger partial charge in [0.2, 0.25) is 0 Å². The summed E-state index contributed by atoms with van der Waals surface area (Å²) in [6, 6.07) is 4.97. The molecule has 3 heterocycles. The topological polar surface area (TPSA) is 104 Å². The summed E-state index contributed by atoms with van der Waals surface area (Å²) in [5.41, 5.74) is 0.0623. The smallest absolute Gasteiger partial charge is 0.293 e. The lowest BCUT2D eigenvalue weighted by Gasteiger charge is -2.28. The standard InChI is InChI=1S/C37H34ClF6N7O/c1-36(2,52)9-8-23-6-4-19(13-20-5-7-27(38)25-16-46-50(3)33(20)25)31(47-23)28(12-18-10-21(39)14-22(40)11-18)48-29(45)17-51-34-30(32(49-51)35(41)42)24-15-26(24)37(34,43)44/h4-5,7,10-11,14,16,23-24,26,28,35,52H,6,12-13,15,17H2,1-3H3,(H2,45,48)/t23?,24-,26+,28-/m0/s1. The number of nitrogens with zero attached hydrogens (tertiary/aromatic N) is 5. The Morgan fingerprint density at radius 2 is 1.92 bits per heavy atom. The highest BCUT2D eigenvalue weighted by Gasteiger charge is 2.67. The molecule has 1 aliphatic heterocycles. The van der Waals surface area contributed by atoms with E-state index >= 15 is 8.78 Å². The molecule has 3 N–H and O–H groups in total. The summed E-state index contributed by atoms with van der Waals surface area (Å²) in [4.78, 5) is 4.92. The van der Waals surface area contributed by atoms with Gasteiger partial charge < -0.3 is 10.4 Å². The Labute approximate surface area is 300 Å². The molecule has 52 heavy (non-hydrogen) atoms. The molecule has 2 aliphatic carbocycles. The van der Waals surface area contributed by atoms with Crippen molar-refractivity contribution in [3.63, 3.8) is 0 Å². The molecule has 4 aromatic rings. The van der Waals surface area contributed by atoms with Crippen LogP contribution in [0.15, 0.2) is 53.2 Å². The number of benzene rings is 2. The molecule has 7 rings (SSSR count). The number of amidine groups is 1. The monoisotopic (exact) mass is 741 g/mol. The molecule has 0 radical (unpaired) electrons. The summed E-state index contributed by atoms with van der Waals surface area (Å²) >= 11 is 6.46. The number of aliphatic hydroxyl groups is 1. The van der Waals surface area contributed by atoms with Crippen LogP contribution >= 0.6 is 11.6 Å². The van der Waals surface area contributed by atoms with Crippen molar-refractivity contribution in [1.29, 1.82) is 5.41 Å². The number of aliphatic imine (C=N–C) groups is 1. The first kappa shape index (κ1) is 35.8. The van der Waals surface area contributed by atoms with E-state index in [9.17, 15) is 22.7 Å². The van der Waals surface area contributed by atoms with Gasteiger partial charge in [-0.25, -0.2) is 17.6 Å². The van der Waals surface area contributed by atoms with Gasteiger partial charge in [0.1, 0.15) is 40.5 Å². The lowest BCUT2D eigenvalue weighted by molar-refractivity contribution is -0.0305. The summed E-state index contributed by atoms with van der Waals surface area (Å²) in [6.07, 6.45) is 1.12. The molecule has 0 bridgehead atoms. The van der Waals surface area contributed by atoms with E-state index in [2.05, 4.69) is 27.4 Å². The second kappa shape index (κ2) is 13.1. The van der Waals surface area contributed by atoms with Gasteiger partial charge in [0.15, 0.2) is 0 Å². The third-order valence-electron chi connectivity index (χ3n) is 9.58. The zero-order valence-corrected chi connectivity index (χ0v) is 29.0. The first-order valence-corrected chi connectivity index (χ1v) is 17.0. The fraction of sp³-hybridized carbons (Fsp3) is 0.405. The number of nitrogens with one attached hydrogen (secondary N) is 2. The van der Waals surface area contributed by atoms with Crippen molar-refractivity contribution in [2.45, 2.75) is 82.0 Å². The largest absolute Gasteiger partial charge is 0.378 e. The first-order chi connectivity index (χ1) is 24.5. The summed E-state index contributed by atoms with van der Waals surface area (Å²) in [7, 11) is 1.78. The summed E-state index contributed by atoms with van der Waals surface area (Å²) in [5, 5.41) is 31.6. The Hall–Kier alpha value is -4.61. The Morgan fingerprint density at radius 3 is 2.62 bits per heavy atom. The predicted molar refractivity (Wildman–Crippen MR) is 184 cm³/mol. The van der Waals surface area contributed by atoms with Crippen molar-refractivity contribution in [1.82, 2.24) is 24.9 Å². The number of aromatic nitrogens is 4. The normalized spacial score (nSPS) is 20.9. The van der Waals surface area contributed by atoms with Gasteiger partial charge in [0, 0.05) is 36.4 Å². The van der Waals surface area contributed by atoms with Gasteiger partial charge in [-0.1, -0.05) is 35.6 Å². The lowest BCUT2D eigenvalue weighted by Crippen LogP contribution is -2.46. The highest BCUT2D eigenvalue weighted by Crippen LogP contribution is 2.68. The van der Waals surface area contributed by atoms with Crippen LogP contribution in [0.1, 0.15) is 67.1 Å². The number of alkyl halides is 4. The minimum atomic E-state index is -3.38. The first-order valence-electron chi connectivity index (χ1n) is 16.7. The summed E-state index contributed by atoms with van der Waals surface area (Å²) in [6.45, 7) is 2.45. The van der Waals surface area contributed by atoms with Crippen molar-refractivity contribution in [2.24, 2.45) is 18.0 Å². The fourth-order valence-electron chi connectivity index (χ4n) is 7.34. The highest BCUT2D eigenvalue weighted by molar-refractivity contribution is 6.35. The quantitative estimate of drug-likeness (QED) is 0.0732. The third-order valence-corrected chi connectivity index (χ3v) is 9.91. The molecule has 0 spiro atoms. The van der Waals surface area contributed by atoms with E-state index in [1.807, 2.05) is 12.1 Å². The van der Waals surface area contributed by atoms with Crippen molar-refractivity contribution < 1.29 is 31.4 Å². The maximum Gasteiger partial charge on any atom is 0.293 e. The van der Waals surface area contributed by atoms with Crippen molar-refractivity contribution >= 4 is 34.1 Å². The van der Waals surface area contributed by atoms with E-state index in [1.54, 1.807) is 24.0 Å². The van der Waals surface area contributed by atoms with Gasteiger partial charge in [-0.3, -0.25) is 19.8 Å². The van der Waals surface area contributed by atoms with E-state index < -0.39 is 71.4 Å². The van der Waals surface area contributed by atoms with Gasteiger partial charge in [-0.15, -0.1) is 0 Å². The molecule has 272 valence electrons. The van der Waals surface area contributed by atoms with E-state index in [0.29, 0.717) is 29.1 Å². The molecule has 0 saturated heterocycles. The van der Waals surface area contributed by atoms with Crippen LogP contribution in [-0.4, -0.2) is 53.9 Å². The van der Waals surface area contributed by atoms with Crippen LogP contribution < -0.4 is 5.32 Å². The molecule has 0 amide bonds. The van der Waals surface area contributed by atoms with Gasteiger partial charge >= 0.3 is 0 Å². The minimum Gasteiger partial charge on any atom is -0.378 e. The van der Waals surface area contributed by atoms with Crippen molar-refractivity contribution in [3.8, 4) is 11.8 Å². The third kappa shape index (κ3) is 6.84. The SMILES string of the molecule is Cn1ncc2c(Cl)ccc(CC3=CCC(C#CC(C)(C)O)N=C3[C@H](Cc3cc(F)cc(F)c3)NC(=N)Cn3nc(C(F)F)c4c3C(F)(F)[C@@H]3C[C@H]43)c21. The molecule has 1 fully saturated rings. The van der Waals surface area contributed by atoms with Gasteiger partial charge in [0.05, 0.1) is 35.0 Å². The molecule has 4 atom stereocenters. The predicted octanol–water partition coefficient (Wildman–Crippen LogP) is 7.18. The van der Waals surface area contributed by atoms with E-state index in [4.69, 9.17) is 22.0 Å². The maximum atomic E-state index is 15.3. The number of aryl methyl sites for hydroxylation is 1. The molecule has 2 aromatic carbocycles. The number of rotatable bonds is 9. The number of fused-ring (bicyclic) bond motifs is 4. The summed E-state index contributed by atoms with van der Waals surface area (Å²) in [5.74, 6) is -1.44. The van der Waals surface area contributed by atoms with Crippen LogP contribution in [0.5, 0.6) is 0 Å². The van der Waals surface area contributed by atoms with Crippen molar-refractivity contribution in [2.75, 3.05) is 0 Å². The molecule has 2 aromatic heterocycles. The average molecular weight is 742 g/mol. The van der Waals surface area contributed by atoms with Crippen LogP contribution in [0.3, 0.4) is 0 Å². The van der Waals surface area contributed by atoms with Gasteiger partial charge in [0.25, 0.3) is 12.3 Å². The van der Waals surface area contributed by atoms with Crippen molar-refractivity contribution in [3.05, 3.63) is 92.9 Å². The number of halogens is 7. The Kier molecular flexibility index (Phi) is 9.02. The molecule has 8 nitrogen and oxygen atoms in total. The molecule has 15 heteroatoms. The lowest BCUT2D eigenvalue weighted by atomic mass is 9.88. The Morgan fingerprint density at radius 1 is 1.19 bits per heavy atom. The maximum absolute atomic E-state index is 15.3. The second-order valence-electron chi connectivity index (χ2n) is 14.1. The molecule has 1 unspecified atom stereocenters. The van der Waals surface area contributed by atoms with Crippen LogP contribution in [0.4, 0.5) is 26.3 Å². The fourth-order valence-corrected chi connectivity index (χ4v) is 7.54. The van der Waals surface area contributed by atoms with E-state index in [-0.39, 0.29) is 29.8 Å².